The molecule has 2 heterocycles. The molecule has 0 atom stereocenters. The van der Waals surface area contributed by atoms with Crippen molar-refractivity contribution in [3.8, 4) is 0 Å². The SMILES string of the molecule is O=C1NC(=S)SC1=CC=Cc1cn(Cc2ccccc2)nn1. The quantitative estimate of drug-likeness (QED) is 0.690. The maximum atomic E-state index is 11.5. The molecule has 1 amide bonds. The monoisotopic (exact) mass is 328 g/mol. The van der Waals surface area contributed by atoms with Gasteiger partial charge in [0.1, 0.15) is 10.0 Å². The van der Waals surface area contributed by atoms with Crippen molar-refractivity contribution in [3.05, 3.63) is 64.8 Å². The van der Waals surface area contributed by atoms with Gasteiger partial charge >= 0.3 is 0 Å². The second-order valence-electron chi connectivity index (χ2n) is 4.56. The van der Waals surface area contributed by atoms with Crippen LogP contribution in [0, 0.1) is 0 Å². The Bertz CT molecular complexity index is 765. The molecule has 7 heteroatoms. The first-order chi connectivity index (χ1) is 10.7. The van der Waals surface area contributed by atoms with E-state index in [0.29, 0.717) is 15.8 Å². The van der Waals surface area contributed by atoms with Crippen molar-refractivity contribution in [2.24, 2.45) is 0 Å². The van der Waals surface area contributed by atoms with Gasteiger partial charge in [-0.1, -0.05) is 65.6 Å². The summed E-state index contributed by atoms with van der Waals surface area (Å²) in [6, 6.07) is 10.1. The van der Waals surface area contributed by atoms with Crippen LogP contribution >= 0.6 is 24.0 Å². The number of thioether (sulfide) groups is 1. The summed E-state index contributed by atoms with van der Waals surface area (Å²) in [6.07, 6.45) is 7.15. The zero-order chi connectivity index (χ0) is 15.4. The lowest BCUT2D eigenvalue weighted by molar-refractivity contribution is -0.115. The van der Waals surface area contributed by atoms with E-state index in [1.807, 2.05) is 36.5 Å². The van der Waals surface area contributed by atoms with Gasteiger partial charge in [-0.25, -0.2) is 4.68 Å². The Balaban J connectivity index is 1.64. The van der Waals surface area contributed by atoms with Crippen LogP contribution in [0.15, 0.2) is 53.6 Å². The van der Waals surface area contributed by atoms with Crippen LogP contribution in [0.1, 0.15) is 11.3 Å². The molecule has 1 aliphatic heterocycles. The highest BCUT2D eigenvalue weighted by Gasteiger charge is 2.20. The molecule has 0 spiro atoms. The molecule has 0 aliphatic carbocycles. The van der Waals surface area contributed by atoms with E-state index in [9.17, 15) is 4.79 Å². The highest BCUT2D eigenvalue weighted by Crippen LogP contribution is 2.23. The van der Waals surface area contributed by atoms with E-state index >= 15 is 0 Å². The van der Waals surface area contributed by atoms with Crippen molar-refractivity contribution < 1.29 is 4.79 Å². The molecule has 3 rings (SSSR count). The van der Waals surface area contributed by atoms with E-state index in [0.717, 1.165) is 11.3 Å². The number of amides is 1. The minimum atomic E-state index is -0.160. The smallest absolute Gasteiger partial charge is 0.263 e. The van der Waals surface area contributed by atoms with Gasteiger partial charge < -0.3 is 5.32 Å². The highest BCUT2D eigenvalue weighted by molar-refractivity contribution is 8.26. The number of rotatable bonds is 4. The Morgan fingerprint density at radius 2 is 2.14 bits per heavy atom. The van der Waals surface area contributed by atoms with Crippen molar-refractivity contribution in [3.63, 3.8) is 0 Å². The molecule has 2 aromatic rings. The van der Waals surface area contributed by atoms with Crippen LogP contribution in [-0.2, 0) is 11.3 Å². The third-order valence-electron chi connectivity index (χ3n) is 2.90. The van der Waals surface area contributed by atoms with Gasteiger partial charge in [0.05, 0.1) is 17.6 Å². The predicted molar refractivity (Wildman–Crippen MR) is 91.0 cm³/mol. The van der Waals surface area contributed by atoms with Crippen LogP contribution in [0.3, 0.4) is 0 Å². The second kappa shape index (κ2) is 6.67. The van der Waals surface area contributed by atoms with E-state index in [2.05, 4.69) is 15.6 Å². The van der Waals surface area contributed by atoms with Crippen molar-refractivity contribution in [1.29, 1.82) is 0 Å². The van der Waals surface area contributed by atoms with Gasteiger partial charge in [-0.05, 0) is 17.7 Å². The van der Waals surface area contributed by atoms with Crippen LogP contribution in [0.4, 0.5) is 0 Å². The lowest BCUT2D eigenvalue weighted by atomic mass is 10.2. The maximum Gasteiger partial charge on any atom is 0.263 e. The number of aromatic nitrogens is 3. The third kappa shape index (κ3) is 3.69. The van der Waals surface area contributed by atoms with Crippen molar-refractivity contribution in [2.75, 3.05) is 0 Å². The fourth-order valence-electron chi connectivity index (χ4n) is 1.91. The van der Waals surface area contributed by atoms with Gasteiger partial charge in [-0.2, -0.15) is 0 Å². The standard InChI is InChI=1S/C15H12N4OS2/c20-14-13(22-15(21)16-14)8-4-7-12-10-19(18-17-12)9-11-5-2-1-3-6-11/h1-8,10H,9H2,(H,16,20,21). The Labute approximate surface area is 137 Å². The van der Waals surface area contributed by atoms with Crippen molar-refractivity contribution >= 4 is 40.3 Å². The molecular weight excluding hydrogens is 316 g/mol. The topological polar surface area (TPSA) is 59.8 Å². The fraction of sp³-hybridized carbons (Fsp3) is 0.0667. The molecule has 0 saturated carbocycles. The van der Waals surface area contributed by atoms with Crippen LogP contribution in [0.5, 0.6) is 0 Å². The Kier molecular flexibility index (Phi) is 4.45. The summed E-state index contributed by atoms with van der Waals surface area (Å²) < 4.78 is 2.26. The molecule has 1 saturated heterocycles. The molecule has 0 unspecified atom stereocenters. The lowest BCUT2D eigenvalue weighted by Crippen LogP contribution is -2.17. The largest absolute Gasteiger partial charge is 0.307 e. The molecule has 0 radical (unpaired) electrons. The van der Waals surface area contributed by atoms with Crippen LogP contribution in [0.2, 0.25) is 0 Å². The van der Waals surface area contributed by atoms with Crippen LogP contribution in [-0.4, -0.2) is 25.2 Å². The Hall–Kier alpha value is -2.25. The first-order valence-electron chi connectivity index (χ1n) is 6.56. The molecule has 1 aromatic carbocycles. The molecule has 110 valence electrons. The number of hydrogen-bond donors (Lipinski definition) is 1. The van der Waals surface area contributed by atoms with Gasteiger partial charge in [0.25, 0.3) is 5.91 Å². The lowest BCUT2D eigenvalue weighted by Gasteiger charge is -1.98. The highest BCUT2D eigenvalue weighted by atomic mass is 32.2. The number of thiocarbonyl (C=S) groups is 1. The number of allylic oxidation sites excluding steroid dienone is 2. The van der Waals surface area contributed by atoms with E-state index in [4.69, 9.17) is 12.2 Å². The van der Waals surface area contributed by atoms with Gasteiger partial charge in [-0.3, -0.25) is 4.79 Å². The first-order valence-corrected chi connectivity index (χ1v) is 7.79. The van der Waals surface area contributed by atoms with Crippen molar-refractivity contribution in [2.45, 2.75) is 6.54 Å². The van der Waals surface area contributed by atoms with Gasteiger partial charge in [0.15, 0.2) is 0 Å². The number of nitrogens with one attached hydrogen (secondary N) is 1. The summed E-state index contributed by atoms with van der Waals surface area (Å²) in [5.74, 6) is -0.160. The summed E-state index contributed by atoms with van der Waals surface area (Å²) in [5.41, 5.74) is 1.90. The average Bonchev–Trinajstić information content (AvgIpc) is 3.07. The number of nitrogens with zero attached hydrogens (tertiary/aromatic N) is 3. The average molecular weight is 328 g/mol. The van der Waals surface area contributed by atoms with Gasteiger partial charge in [-0.15, -0.1) is 5.10 Å². The van der Waals surface area contributed by atoms with Gasteiger partial charge in [0, 0.05) is 0 Å². The molecule has 1 N–H and O–H groups in total. The minimum Gasteiger partial charge on any atom is -0.307 e. The summed E-state index contributed by atoms with van der Waals surface area (Å²) in [5, 5.41) is 10.7. The Morgan fingerprint density at radius 1 is 1.32 bits per heavy atom. The summed E-state index contributed by atoms with van der Waals surface area (Å²) >= 11 is 6.18. The molecule has 1 fully saturated rings. The molecule has 5 nitrogen and oxygen atoms in total. The van der Waals surface area contributed by atoms with E-state index in [1.54, 1.807) is 22.9 Å². The van der Waals surface area contributed by atoms with E-state index < -0.39 is 0 Å². The zero-order valence-electron chi connectivity index (χ0n) is 11.5. The molecule has 0 bridgehead atoms. The fourth-order valence-corrected chi connectivity index (χ4v) is 2.90. The van der Waals surface area contributed by atoms with Crippen LogP contribution < -0.4 is 5.32 Å². The molecule has 1 aliphatic rings. The van der Waals surface area contributed by atoms with Gasteiger partial charge in [0.2, 0.25) is 0 Å². The summed E-state index contributed by atoms with van der Waals surface area (Å²) in [7, 11) is 0. The number of carbonyl (C=O) groups excluding carboxylic acids is 1. The summed E-state index contributed by atoms with van der Waals surface area (Å²) in [4.78, 5) is 12.1. The first kappa shape index (κ1) is 14.7. The van der Waals surface area contributed by atoms with E-state index in [-0.39, 0.29) is 5.91 Å². The molecule has 22 heavy (non-hydrogen) atoms. The number of hydrogen-bond acceptors (Lipinski definition) is 5. The zero-order valence-corrected chi connectivity index (χ0v) is 13.1. The third-order valence-corrected chi connectivity index (χ3v) is 4.08. The maximum absolute atomic E-state index is 11.5. The normalized spacial score (nSPS) is 16.6. The Morgan fingerprint density at radius 3 is 2.86 bits per heavy atom. The number of carbonyl (C=O) groups is 1. The second-order valence-corrected chi connectivity index (χ2v) is 6.28. The molecular formula is C15H12N4OS2. The predicted octanol–water partition coefficient (Wildman–Crippen LogP) is 2.37. The summed E-state index contributed by atoms with van der Waals surface area (Å²) in [6.45, 7) is 0.676. The number of benzene rings is 1. The van der Waals surface area contributed by atoms with E-state index in [1.165, 1.54) is 11.8 Å². The van der Waals surface area contributed by atoms with Crippen molar-refractivity contribution in [1.82, 2.24) is 20.3 Å². The minimum absolute atomic E-state index is 0.160. The molecule has 1 aromatic heterocycles. The van der Waals surface area contributed by atoms with Crippen LogP contribution in [0.25, 0.3) is 6.08 Å².